The van der Waals surface area contributed by atoms with E-state index < -0.39 is 11.7 Å². The maximum atomic E-state index is 13.1. The lowest BCUT2D eigenvalue weighted by Crippen LogP contribution is -2.37. The van der Waals surface area contributed by atoms with Gasteiger partial charge in [-0.25, -0.2) is 0 Å². The fraction of sp³-hybridized carbons (Fsp3) is 0.500. The second kappa shape index (κ2) is 9.27. The Balaban J connectivity index is 1.59. The van der Waals surface area contributed by atoms with Crippen LogP contribution in [-0.4, -0.2) is 33.9 Å². The first-order valence-electron chi connectivity index (χ1n) is 9.86. The number of alkyl halides is 3. The third-order valence-electron chi connectivity index (χ3n) is 5.12. The molecule has 1 aromatic carbocycles. The molecule has 0 radical (unpaired) electrons. The van der Waals surface area contributed by atoms with Crippen molar-refractivity contribution >= 4 is 17.8 Å². The van der Waals surface area contributed by atoms with Crippen molar-refractivity contribution in [2.24, 2.45) is 5.92 Å². The molecule has 30 heavy (non-hydrogen) atoms. The molecule has 3 rings (SSSR count). The van der Waals surface area contributed by atoms with Crippen LogP contribution in [0.2, 0.25) is 0 Å². The summed E-state index contributed by atoms with van der Waals surface area (Å²) in [5.74, 6) is 0.961. The third-order valence-corrected chi connectivity index (χ3v) is 5.12. The Morgan fingerprint density at radius 1 is 1.13 bits per heavy atom. The third kappa shape index (κ3) is 5.58. The number of carbonyl (C=O) groups is 1. The van der Waals surface area contributed by atoms with Crippen molar-refractivity contribution in [1.29, 1.82) is 0 Å². The minimum absolute atomic E-state index is 0.00321. The Labute approximate surface area is 172 Å². The van der Waals surface area contributed by atoms with Gasteiger partial charge in [0.2, 0.25) is 17.8 Å². The number of hydrogen-bond donors (Lipinski definition) is 3. The highest BCUT2D eigenvalue weighted by molar-refractivity contribution is 5.78. The summed E-state index contributed by atoms with van der Waals surface area (Å²) in [6, 6.07) is 5.29. The summed E-state index contributed by atoms with van der Waals surface area (Å²) in [4.78, 5) is 25.3. The van der Waals surface area contributed by atoms with Crippen molar-refractivity contribution in [2.45, 2.75) is 51.4 Å². The van der Waals surface area contributed by atoms with Gasteiger partial charge in [-0.05, 0) is 37.8 Å². The summed E-state index contributed by atoms with van der Waals surface area (Å²) in [5.41, 5.74) is -0.664. The van der Waals surface area contributed by atoms with Gasteiger partial charge in [-0.2, -0.15) is 28.1 Å². The quantitative estimate of drug-likeness (QED) is 0.660. The van der Waals surface area contributed by atoms with Crippen LogP contribution in [0.5, 0.6) is 0 Å². The maximum Gasteiger partial charge on any atom is 0.416 e. The van der Waals surface area contributed by atoms with E-state index in [1.165, 1.54) is 18.2 Å². The van der Waals surface area contributed by atoms with E-state index in [2.05, 4.69) is 30.9 Å². The van der Waals surface area contributed by atoms with Gasteiger partial charge in [0.15, 0.2) is 0 Å². The van der Waals surface area contributed by atoms with Gasteiger partial charge in [-0.1, -0.05) is 24.6 Å². The van der Waals surface area contributed by atoms with Crippen LogP contribution < -0.4 is 16.0 Å². The highest BCUT2D eigenvalue weighted by Gasteiger charge is 2.33. The molecule has 0 bridgehead atoms. The summed E-state index contributed by atoms with van der Waals surface area (Å²) in [6.45, 7) is 1.62. The molecule has 1 aromatic heterocycles. The highest BCUT2D eigenvalue weighted by atomic mass is 19.4. The van der Waals surface area contributed by atoms with Crippen LogP contribution in [0.4, 0.5) is 25.1 Å². The van der Waals surface area contributed by atoms with E-state index in [0.717, 1.165) is 18.9 Å². The minimum Gasteiger partial charge on any atom is -0.357 e. The first kappa shape index (κ1) is 21.8. The smallest absolute Gasteiger partial charge is 0.357 e. The Hall–Kier alpha value is -2.91. The number of nitrogens with zero attached hydrogens (tertiary/aromatic N) is 3. The number of aryl methyl sites for hydroxylation is 1. The molecule has 1 aliphatic rings. The minimum atomic E-state index is -4.45. The van der Waals surface area contributed by atoms with E-state index >= 15 is 0 Å². The van der Waals surface area contributed by atoms with Crippen LogP contribution in [0.15, 0.2) is 24.3 Å². The second-order valence-corrected chi connectivity index (χ2v) is 7.36. The zero-order valence-corrected chi connectivity index (χ0v) is 16.9. The molecular weight excluding hydrogens is 397 g/mol. The number of benzene rings is 1. The zero-order chi connectivity index (χ0) is 21.7. The van der Waals surface area contributed by atoms with E-state index in [-0.39, 0.29) is 30.0 Å². The van der Waals surface area contributed by atoms with E-state index in [1.54, 1.807) is 14.0 Å². The van der Waals surface area contributed by atoms with Crippen molar-refractivity contribution in [1.82, 2.24) is 20.3 Å². The molecule has 3 N–H and O–H groups in total. The SMILES string of the molecule is CNc1nc(C)nc(N[C@@H]2CCC[C@H](C(=O)NCc3ccccc3C(F)(F)F)C2)n1. The molecule has 2 aromatic rings. The van der Waals surface area contributed by atoms with Gasteiger partial charge in [0, 0.05) is 25.6 Å². The van der Waals surface area contributed by atoms with Crippen LogP contribution >= 0.6 is 0 Å². The predicted octanol–water partition coefficient (Wildman–Crippen LogP) is 3.53. The van der Waals surface area contributed by atoms with E-state index in [1.807, 2.05) is 0 Å². The van der Waals surface area contributed by atoms with Gasteiger partial charge in [0.25, 0.3) is 0 Å². The molecule has 162 valence electrons. The summed E-state index contributed by atoms with van der Waals surface area (Å²) < 4.78 is 39.4. The predicted molar refractivity (Wildman–Crippen MR) is 107 cm³/mol. The maximum absolute atomic E-state index is 13.1. The molecule has 0 aliphatic heterocycles. The van der Waals surface area contributed by atoms with Crippen molar-refractivity contribution in [2.75, 3.05) is 17.7 Å². The standard InChI is InChI=1S/C20H25F3N6O/c1-12-26-18(24-2)29-19(27-12)28-15-8-5-7-13(10-15)17(30)25-11-14-6-3-4-9-16(14)20(21,22)23/h3-4,6,9,13,15H,5,7-8,10-11H2,1-2H3,(H,25,30)(H2,24,26,27,28,29)/t13-,15+/m0/s1. The van der Waals surface area contributed by atoms with Crippen molar-refractivity contribution in [3.8, 4) is 0 Å². The van der Waals surface area contributed by atoms with Crippen LogP contribution in [0, 0.1) is 12.8 Å². The molecule has 0 unspecified atom stereocenters. The number of hydrogen-bond acceptors (Lipinski definition) is 6. The van der Waals surface area contributed by atoms with E-state index in [4.69, 9.17) is 0 Å². The number of halogens is 3. The monoisotopic (exact) mass is 422 g/mol. The number of amides is 1. The van der Waals surface area contributed by atoms with Gasteiger partial charge in [-0.3, -0.25) is 4.79 Å². The van der Waals surface area contributed by atoms with Crippen LogP contribution in [0.3, 0.4) is 0 Å². The normalized spacial score (nSPS) is 19.2. The number of rotatable bonds is 6. The number of anilines is 2. The lowest BCUT2D eigenvalue weighted by Gasteiger charge is -2.29. The molecule has 10 heteroatoms. The lowest BCUT2D eigenvalue weighted by molar-refractivity contribution is -0.138. The van der Waals surface area contributed by atoms with Gasteiger partial charge in [-0.15, -0.1) is 0 Å². The van der Waals surface area contributed by atoms with Gasteiger partial charge >= 0.3 is 6.18 Å². The second-order valence-electron chi connectivity index (χ2n) is 7.36. The molecule has 2 atom stereocenters. The summed E-state index contributed by atoms with van der Waals surface area (Å²) in [7, 11) is 1.72. The number of carbonyl (C=O) groups excluding carboxylic acids is 1. The molecule has 1 saturated carbocycles. The molecule has 0 saturated heterocycles. The van der Waals surface area contributed by atoms with Crippen LogP contribution in [-0.2, 0) is 17.5 Å². The Bertz CT molecular complexity index is 889. The van der Waals surface area contributed by atoms with Crippen LogP contribution in [0.25, 0.3) is 0 Å². The summed E-state index contributed by atoms with van der Waals surface area (Å²) in [5, 5.41) is 8.80. The average molecular weight is 422 g/mol. The molecule has 0 spiro atoms. The van der Waals surface area contributed by atoms with Gasteiger partial charge in [0.1, 0.15) is 5.82 Å². The molecular formula is C20H25F3N6O. The summed E-state index contributed by atoms with van der Waals surface area (Å²) >= 11 is 0. The Morgan fingerprint density at radius 3 is 2.60 bits per heavy atom. The first-order chi connectivity index (χ1) is 14.3. The fourth-order valence-electron chi connectivity index (χ4n) is 3.68. The highest BCUT2D eigenvalue weighted by Crippen LogP contribution is 2.32. The average Bonchev–Trinajstić information content (AvgIpc) is 2.71. The molecule has 7 nitrogen and oxygen atoms in total. The first-order valence-corrected chi connectivity index (χ1v) is 9.86. The fourth-order valence-corrected chi connectivity index (χ4v) is 3.68. The molecule has 1 amide bonds. The summed E-state index contributed by atoms with van der Waals surface area (Å²) in [6.07, 6.45) is -1.50. The van der Waals surface area contributed by atoms with Crippen molar-refractivity contribution in [3.05, 3.63) is 41.2 Å². The van der Waals surface area contributed by atoms with E-state index in [9.17, 15) is 18.0 Å². The van der Waals surface area contributed by atoms with Gasteiger partial charge in [0.05, 0.1) is 5.56 Å². The Morgan fingerprint density at radius 2 is 1.87 bits per heavy atom. The number of aromatic nitrogens is 3. The molecule has 1 fully saturated rings. The van der Waals surface area contributed by atoms with Gasteiger partial charge < -0.3 is 16.0 Å². The lowest BCUT2D eigenvalue weighted by atomic mass is 9.85. The topological polar surface area (TPSA) is 91.8 Å². The van der Waals surface area contributed by atoms with Crippen molar-refractivity contribution < 1.29 is 18.0 Å². The molecule has 1 heterocycles. The van der Waals surface area contributed by atoms with Crippen molar-refractivity contribution in [3.63, 3.8) is 0 Å². The largest absolute Gasteiger partial charge is 0.416 e. The van der Waals surface area contributed by atoms with E-state index in [0.29, 0.717) is 30.6 Å². The number of nitrogens with one attached hydrogen (secondary N) is 3. The zero-order valence-electron chi connectivity index (χ0n) is 16.9. The van der Waals surface area contributed by atoms with Crippen LogP contribution in [0.1, 0.15) is 42.6 Å². The molecule has 1 aliphatic carbocycles. The Kier molecular flexibility index (Phi) is 6.73.